The van der Waals surface area contributed by atoms with Gasteiger partial charge in [0.05, 0.1) is 17.1 Å². The SMILES string of the molecule is CCn1ncc([N+](=O)[O-])c1N1CC[C@H](N=[N+]=[N-])[C@@H](O)CC1. The van der Waals surface area contributed by atoms with Gasteiger partial charge in [-0.15, -0.1) is 0 Å². The van der Waals surface area contributed by atoms with Crippen LogP contribution >= 0.6 is 0 Å². The quantitative estimate of drug-likeness (QED) is 0.295. The van der Waals surface area contributed by atoms with Gasteiger partial charge in [-0.1, -0.05) is 5.11 Å². The molecule has 0 bridgehead atoms. The first-order chi connectivity index (χ1) is 10.1. The van der Waals surface area contributed by atoms with Crippen LogP contribution < -0.4 is 4.90 Å². The molecule has 10 nitrogen and oxygen atoms in total. The molecule has 1 aromatic heterocycles. The van der Waals surface area contributed by atoms with Crippen molar-refractivity contribution in [3.63, 3.8) is 0 Å². The summed E-state index contributed by atoms with van der Waals surface area (Å²) in [5, 5.41) is 28.7. The number of anilines is 1. The zero-order valence-corrected chi connectivity index (χ0v) is 11.7. The molecule has 10 heteroatoms. The maximum absolute atomic E-state index is 11.1. The molecule has 2 rings (SSSR count). The predicted molar refractivity (Wildman–Crippen MR) is 74.9 cm³/mol. The van der Waals surface area contributed by atoms with Crippen molar-refractivity contribution in [2.24, 2.45) is 5.11 Å². The number of hydrogen-bond donors (Lipinski definition) is 1. The fourth-order valence-corrected chi connectivity index (χ4v) is 2.54. The molecule has 0 saturated carbocycles. The molecule has 114 valence electrons. The van der Waals surface area contributed by atoms with E-state index in [0.717, 1.165) is 0 Å². The highest BCUT2D eigenvalue weighted by molar-refractivity contribution is 5.57. The minimum atomic E-state index is -0.733. The van der Waals surface area contributed by atoms with Crippen LogP contribution in [0.3, 0.4) is 0 Å². The van der Waals surface area contributed by atoms with Crippen LogP contribution in [0, 0.1) is 10.1 Å². The van der Waals surface area contributed by atoms with E-state index in [0.29, 0.717) is 38.3 Å². The van der Waals surface area contributed by atoms with Gasteiger partial charge in [0.1, 0.15) is 6.20 Å². The first kappa shape index (κ1) is 15.1. The van der Waals surface area contributed by atoms with E-state index < -0.39 is 17.1 Å². The zero-order valence-electron chi connectivity index (χ0n) is 11.7. The molecular formula is C11H17N7O3. The first-order valence-electron chi connectivity index (χ1n) is 6.75. The molecule has 0 aliphatic carbocycles. The van der Waals surface area contributed by atoms with Gasteiger partial charge in [-0.3, -0.25) is 10.1 Å². The van der Waals surface area contributed by atoms with Crippen molar-refractivity contribution in [1.82, 2.24) is 9.78 Å². The van der Waals surface area contributed by atoms with E-state index in [2.05, 4.69) is 15.1 Å². The van der Waals surface area contributed by atoms with E-state index >= 15 is 0 Å². The number of hydrogen-bond acceptors (Lipinski definition) is 6. The van der Waals surface area contributed by atoms with Crippen LogP contribution in [0.1, 0.15) is 19.8 Å². The van der Waals surface area contributed by atoms with Crippen molar-refractivity contribution in [1.29, 1.82) is 0 Å². The van der Waals surface area contributed by atoms with Crippen LogP contribution in [0.5, 0.6) is 0 Å². The fourth-order valence-electron chi connectivity index (χ4n) is 2.54. The number of aliphatic hydroxyl groups excluding tert-OH is 1. The molecule has 0 unspecified atom stereocenters. The molecule has 0 aromatic carbocycles. The molecule has 1 aliphatic heterocycles. The Morgan fingerprint density at radius 1 is 1.62 bits per heavy atom. The molecule has 1 saturated heterocycles. The van der Waals surface area contributed by atoms with Crippen LogP contribution in [-0.2, 0) is 6.54 Å². The Bertz CT molecular complexity index is 566. The highest BCUT2D eigenvalue weighted by Gasteiger charge is 2.30. The summed E-state index contributed by atoms with van der Waals surface area (Å²) in [6.07, 6.45) is 1.33. The van der Waals surface area contributed by atoms with Crippen molar-refractivity contribution in [3.8, 4) is 0 Å². The summed E-state index contributed by atoms with van der Waals surface area (Å²) >= 11 is 0. The molecule has 0 radical (unpaired) electrons. The maximum atomic E-state index is 11.1. The molecule has 1 aromatic rings. The van der Waals surface area contributed by atoms with Crippen LogP contribution in [0.15, 0.2) is 11.3 Å². The van der Waals surface area contributed by atoms with Crippen molar-refractivity contribution in [3.05, 3.63) is 26.8 Å². The highest BCUT2D eigenvalue weighted by atomic mass is 16.6. The molecule has 21 heavy (non-hydrogen) atoms. The van der Waals surface area contributed by atoms with Crippen molar-refractivity contribution >= 4 is 11.5 Å². The lowest BCUT2D eigenvalue weighted by molar-refractivity contribution is -0.384. The van der Waals surface area contributed by atoms with Gasteiger partial charge >= 0.3 is 5.69 Å². The lowest BCUT2D eigenvalue weighted by Gasteiger charge is -2.22. The number of nitro groups is 1. The van der Waals surface area contributed by atoms with Gasteiger partial charge < -0.3 is 10.0 Å². The Balaban J connectivity index is 2.28. The number of rotatable bonds is 4. The molecule has 1 fully saturated rings. The van der Waals surface area contributed by atoms with Gasteiger partial charge in [0.2, 0.25) is 5.82 Å². The highest BCUT2D eigenvalue weighted by Crippen LogP contribution is 2.30. The van der Waals surface area contributed by atoms with Gasteiger partial charge in [-0.25, -0.2) is 4.68 Å². The number of nitrogens with zero attached hydrogens (tertiary/aromatic N) is 7. The van der Waals surface area contributed by atoms with E-state index in [9.17, 15) is 15.2 Å². The van der Waals surface area contributed by atoms with Crippen molar-refractivity contribution < 1.29 is 10.0 Å². The monoisotopic (exact) mass is 295 g/mol. The minimum absolute atomic E-state index is 0.0476. The standard InChI is InChI=1S/C11H17N7O3/c1-2-17-11(9(7-13-17)18(20)21)16-5-3-8(14-15-12)10(19)4-6-16/h7-8,10,19H,2-6H2,1H3/t8-,10-/m0/s1. The maximum Gasteiger partial charge on any atom is 0.331 e. The molecule has 0 spiro atoms. The average Bonchev–Trinajstić information content (AvgIpc) is 2.81. The molecule has 2 heterocycles. The minimum Gasteiger partial charge on any atom is -0.393 e. The molecular weight excluding hydrogens is 278 g/mol. The lowest BCUT2D eigenvalue weighted by atomic mass is 10.1. The largest absolute Gasteiger partial charge is 0.393 e. The molecule has 1 aliphatic rings. The molecule has 0 amide bonds. The van der Waals surface area contributed by atoms with Gasteiger partial charge in [0.25, 0.3) is 0 Å². The van der Waals surface area contributed by atoms with E-state index in [4.69, 9.17) is 5.53 Å². The average molecular weight is 295 g/mol. The number of azide groups is 1. The second kappa shape index (κ2) is 6.42. The normalized spacial score (nSPS) is 22.5. The third-order valence-electron chi connectivity index (χ3n) is 3.62. The first-order valence-corrected chi connectivity index (χ1v) is 6.75. The Kier molecular flexibility index (Phi) is 4.61. The lowest BCUT2D eigenvalue weighted by Crippen LogP contribution is -2.28. The van der Waals surface area contributed by atoms with Crippen LogP contribution in [-0.4, -0.2) is 45.0 Å². The Morgan fingerprint density at radius 2 is 2.33 bits per heavy atom. The van der Waals surface area contributed by atoms with Gasteiger partial charge in [0, 0.05) is 24.5 Å². The topological polar surface area (TPSA) is 133 Å². The summed E-state index contributed by atoms with van der Waals surface area (Å²) in [7, 11) is 0. The van der Waals surface area contributed by atoms with E-state index in [1.807, 2.05) is 11.8 Å². The molecule has 1 N–H and O–H groups in total. The summed E-state index contributed by atoms with van der Waals surface area (Å²) < 4.78 is 1.57. The Hall–Kier alpha value is -2.32. The van der Waals surface area contributed by atoms with Crippen LogP contribution in [0.2, 0.25) is 0 Å². The number of aliphatic hydroxyl groups is 1. The third-order valence-corrected chi connectivity index (χ3v) is 3.62. The second-order valence-electron chi connectivity index (χ2n) is 4.83. The van der Waals surface area contributed by atoms with Crippen molar-refractivity contribution in [2.45, 2.75) is 38.5 Å². The van der Waals surface area contributed by atoms with E-state index in [-0.39, 0.29) is 5.69 Å². The third kappa shape index (κ3) is 3.06. The van der Waals surface area contributed by atoms with Gasteiger partial charge in [0.15, 0.2) is 0 Å². The predicted octanol–water partition coefficient (Wildman–Crippen LogP) is 1.45. The smallest absolute Gasteiger partial charge is 0.331 e. The summed E-state index contributed by atoms with van der Waals surface area (Å²) in [6.45, 7) is 3.29. The fraction of sp³-hybridized carbons (Fsp3) is 0.727. The van der Waals surface area contributed by atoms with Crippen LogP contribution in [0.4, 0.5) is 11.5 Å². The van der Waals surface area contributed by atoms with E-state index in [1.54, 1.807) is 4.68 Å². The number of aromatic nitrogens is 2. The summed E-state index contributed by atoms with van der Waals surface area (Å²) in [5.41, 5.74) is 8.46. The van der Waals surface area contributed by atoms with Crippen molar-refractivity contribution in [2.75, 3.05) is 18.0 Å². The Morgan fingerprint density at radius 3 is 2.95 bits per heavy atom. The summed E-state index contributed by atoms with van der Waals surface area (Å²) in [6, 6.07) is -0.503. The molecule has 2 atom stereocenters. The van der Waals surface area contributed by atoms with E-state index in [1.165, 1.54) is 6.20 Å². The van der Waals surface area contributed by atoms with Crippen LogP contribution in [0.25, 0.3) is 10.4 Å². The Labute approximate surface area is 120 Å². The summed E-state index contributed by atoms with van der Waals surface area (Å²) in [5.74, 6) is 0.441. The number of aryl methyl sites for hydroxylation is 1. The summed E-state index contributed by atoms with van der Waals surface area (Å²) in [4.78, 5) is 15.2. The van der Waals surface area contributed by atoms with Gasteiger partial charge in [-0.2, -0.15) is 5.10 Å². The zero-order chi connectivity index (χ0) is 15.4. The second-order valence-corrected chi connectivity index (χ2v) is 4.83. The van der Waals surface area contributed by atoms with Gasteiger partial charge in [-0.05, 0) is 25.3 Å².